The van der Waals surface area contributed by atoms with E-state index in [1.54, 1.807) is 18.2 Å². The van der Waals surface area contributed by atoms with Gasteiger partial charge in [0.05, 0.1) is 17.4 Å². The summed E-state index contributed by atoms with van der Waals surface area (Å²) in [5.41, 5.74) is 0.358. The molecule has 6 nitrogen and oxygen atoms in total. The van der Waals surface area contributed by atoms with Gasteiger partial charge in [0.25, 0.3) is 0 Å². The molecule has 1 aliphatic rings. The molecule has 1 heterocycles. The smallest absolute Gasteiger partial charge is 0.243 e. The van der Waals surface area contributed by atoms with Crippen LogP contribution in [0.1, 0.15) is 19.8 Å². The topological polar surface area (TPSA) is 75.7 Å². The lowest BCUT2D eigenvalue weighted by Crippen LogP contribution is -2.43. The first-order chi connectivity index (χ1) is 13.4. The number of benzene rings is 2. The molecule has 1 atom stereocenters. The molecule has 0 bridgehead atoms. The third-order valence-corrected chi connectivity index (χ3v) is 6.50. The molecule has 3 rings (SSSR count). The Bertz CT molecular complexity index is 931. The summed E-state index contributed by atoms with van der Waals surface area (Å²) >= 11 is 0. The van der Waals surface area contributed by atoms with Gasteiger partial charge in [0, 0.05) is 18.8 Å². The second kappa shape index (κ2) is 8.70. The van der Waals surface area contributed by atoms with Crippen molar-refractivity contribution in [3.05, 3.63) is 54.3 Å². The number of carbonyl (C=O) groups is 1. The molecule has 1 amide bonds. The van der Waals surface area contributed by atoms with E-state index in [2.05, 4.69) is 5.32 Å². The first-order valence-corrected chi connectivity index (χ1v) is 10.6. The maximum Gasteiger partial charge on any atom is 0.243 e. The minimum absolute atomic E-state index is 0.0939. The van der Waals surface area contributed by atoms with Gasteiger partial charge in [-0.25, -0.2) is 12.8 Å². The fraction of sp³-hybridized carbons (Fsp3) is 0.350. The second-order valence-corrected chi connectivity index (χ2v) is 8.54. The van der Waals surface area contributed by atoms with Crippen molar-refractivity contribution in [3.8, 4) is 5.75 Å². The molecule has 0 unspecified atom stereocenters. The number of nitrogens with zero attached hydrogens (tertiary/aromatic N) is 1. The molecule has 1 fully saturated rings. The number of amides is 1. The van der Waals surface area contributed by atoms with E-state index in [1.807, 2.05) is 6.92 Å². The number of ether oxygens (including phenoxy) is 1. The number of nitrogens with one attached hydrogen (secondary N) is 1. The van der Waals surface area contributed by atoms with Gasteiger partial charge < -0.3 is 10.1 Å². The first-order valence-electron chi connectivity index (χ1n) is 9.19. The Morgan fingerprint density at radius 2 is 2.00 bits per heavy atom. The zero-order chi connectivity index (χ0) is 20.1. The maximum atomic E-state index is 13.3. The molecule has 1 saturated heterocycles. The van der Waals surface area contributed by atoms with Gasteiger partial charge in [0.2, 0.25) is 15.9 Å². The van der Waals surface area contributed by atoms with Crippen LogP contribution in [0.15, 0.2) is 53.4 Å². The summed E-state index contributed by atoms with van der Waals surface area (Å²) in [4.78, 5) is 12.7. The molecule has 0 saturated carbocycles. The number of hydrogen-bond acceptors (Lipinski definition) is 4. The molecule has 2 aromatic carbocycles. The predicted molar refractivity (Wildman–Crippen MR) is 104 cm³/mol. The minimum atomic E-state index is -3.70. The highest BCUT2D eigenvalue weighted by Crippen LogP contribution is 2.26. The molecule has 0 aliphatic carbocycles. The quantitative estimate of drug-likeness (QED) is 0.799. The molecule has 0 aromatic heterocycles. The minimum Gasteiger partial charge on any atom is -0.494 e. The number of halogens is 1. The monoisotopic (exact) mass is 406 g/mol. The van der Waals surface area contributed by atoms with Crippen LogP contribution in [0.2, 0.25) is 0 Å². The standard InChI is InChI=1S/C20H23FN2O4S/c1-2-27-18-8-10-19(11-9-18)28(25,26)23-12-4-5-15(14-23)20(24)22-17-7-3-6-16(21)13-17/h3,6-11,13,15H,2,4-5,12,14H2,1H3,(H,22,24)/t15-/m1/s1. The van der Waals surface area contributed by atoms with Gasteiger partial charge in [0.1, 0.15) is 11.6 Å². The third kappa shape index (κ3) is 4.69. The highest BCUT2D eigenvalue weighted by molar-refractivity contribution is 7.89. The van der Waals surface area contributed by atoms with Crippen molar-refractivity contribution in [3.63, 3.8) is 0 Å². The summed E-state index contributed by atoms with van der Waals surface area (Å²) in [7, 11) is -3.70. The number of carbonyl (C=O) groups excluding carboxylic acids is 1. The molecule has 8 heteroatoms. The van der Waals surface area contributed by atoms with E-state index in [0.29, 0.717) is 37.4 Å². The van der Waals surface area contributed by atoms with Crippen LogP contribution >= 0.6 is 0 Å². The molecule has 0 spiro atoms. The van der Waals surface area contributed by atoms with Gasteiger partial charge >= 0.3 is 0 Å². The van der Waals surface area contributed by atoms with Crippen LogP contribution in [-0.4, -0.2) is 38.3 Å². The molecule has 0 radical (unpaired) electrons. The fourth-order valence-electron chi connectivity index (χ4n) is 3.21. The number of piperidine rings is 1. The van der Waals surface area contributed by atoms with Crippen molar-refractivity contribution in [2.45, 2.75) is 24.7 Å². The summed E-state index contributed by atoms with van der Waals surface area (Å²) in [5.74, 6) is -0.639. The van der Waals surface area contributed by atoms with Crippen molar-refractivity contribution < 1.29 is 22.3 Å². The maximum absolute atomic E-state index is 13.3. The van der Waals surface area contributed by atoms with E-state index in [-0.39, 0.29) is 17.3 Å². The van der Waals surface area contributed by atoms with E-state index in [0.717, 1.165) is 0 Å². The summed E-state index contributed by atoms with van der Waals surface area (Å²) < 4.78 is 45.8. The Morgan fingerprint density at radius 3 is 2.68 bits per heavy atom. The van der Waals surface area contributed by atoms with Crippen LogP contribution in [-0.2, 0) is 14.8 Å². The number of sulfonamides is 1. The second-order valence-electron chi connectivity index (χ2n) is 6.61. The summed E-state index contributed by atoms with van der Waals surface area (Å²) in [6.45, 7) is 2.81. The van der Waals surface area contributed by atoms with E-state index in [4.69, 9.17) is 4.74 Å². The lowest BCUT2D eigenvalue weighted by atomic mass is 9.99. The van der Waals surface area contributed by atoms with Gasteiger partial charge in [-0.15, -0.1) is 0 Å². The van der Waals surface area contributed by atoms with Gasteiger partial charge in [-0.2, -0.15) is 4.31 Å². The van der Waals surface area contributed by atoms with E-state index in [1.165, 1.54) is 34.6 Å². The number of hydrogen-bond donors (Lipinski definition) is 1. The Balaban J connectivity index is 1.70. The highest BCUT2D eigenvalue weighted by Gasteiger charge is 2.33. The SMILES string of the molecule is CCOc1ccc(S(=O)(=O)N2CCC[C@@H](C(=O)Nc3cccc(F)c3)C2)cc1. The van der Waals surface area contributed by atoms with Gasteiger partial charge in [0.15, 0.2) is 0 Å². The lowest BCUT2D eigenvalue weighted by Gasteiger charge is -2.31. The van der Waals surface area contributed by atoms with Crippen molar-refractivity contribution in [2.75, 3.05) is 25.0 Å². The van der Waals surface area contributed by atoms with Crippen LogP contribution in [0.5, 0.6) is 5.75 Å². The van der Waals surface area contributed by atoms with Crippen LogP contribution in [0.4, 0.5) is 10.1 Å². The molecule has 2 aromatic rings. The summed E-state index contributed by atoms with van der Waals surface area (Å²) in [6, 6.07) is 11.9. The van der Waals surface area contributed by atoms with Gasteiger partial charge in [-0.3, -0.25) is 4.79 Å². The molecular formula is C20H23FN2O4S. The fourth-order valence-corrected chi connectivity index (χ4v) is 4.73. The van der Waals surface area contributed by atoms with Crippen LogP contribution in [0, 0.1) is 11.7 Å². The molecule has 1 N–H and O–H groups in total. The normalized spacial score (nSPS) is 17.9. The Kier molecular flexibility index (Phi) is 6.31. The Hall–Kier alpha value is -2.45. The number of anilines is 1. The summed E-state index contributed by atoms with van der Waals surface area (Å²) in [6.07, 6.45) is 1.16. The lowest BCUT2D eigenvalue weighted by molar-refractivity contribution is -0.120. The van der Waals surface area contributed by atoms with Crippen LogP contribution in [0.25, 0.3) is 0 Å². The predicted octanol–water partition coefficient (Wildman–Crippen LogP) is 3.26. The van der Waals surface area contributed by atoms with E-state index >= 15 is 0 Å². The first kappa shape index (κ1) is 20.3. The zero-order valence-electron chi connectivity index (χ0n) is 15.6. The Labute approximate surface area is 164 Å². The zero-order valence-corrected chi connectivity index (χ0v) is 16.4. The summed E-state index contributed by atoms with van der Waals surface area (Å²) in [5, 5.41) is 2.67. The molecule has 1 aliphatic heterocycles. The van der Waals surface area contributed by atoms with Crippen LogP contribution in [0.3, 0.4) is 0 Å². The van der Waals surface area contributed by atoms with Crippen molar-refractivity contribution in [1.29, 1.82) is 0 Å². The van der Waals surface area contributed by atoms with E-state index in [9.17, 15) is 17.6 Å². The van der Waals surface area contributed by atoms with Crippen molar-refractivity contribution >= 4 is 21.6 Å². The highest BCUT2D eigenvalue weighted by atomic mass is 32.2. The third-order valence-electron chi connectivity index (χ3n) is 4.62. The Morgan fingerprint density at radius 1 is 1.25 bits per heavy atom. The number of rotatable bonds is 6. The molecular weight excluding hydrogens is 383 g/mol. The van der Waals surface area contributed by atoms with Gasteiger partial charge in [-0.1, -0.05) is 6.07 Å². The molecule has 150 valence electrons. The largest absolute Gasteiger partial charge is 0.494 e. The average Bonchev–Trinajstić information content (AvgIpc) is 2.69. The van der Waals surface area contributed by atoms with Crippen LogP contribution < -0.4 is 10.1 Å². The van der Waals surface area contributed by atoms with E-state index < -0.39 is 21.8 Å². The van der Waals surface area contributed by atoms with Crippen molar-refractivity contribution in [2.24, 2.45) is 5.92 Å². The van der Waals surface area contributed by atoms with Crippen molar-refractivity contribution in [1.82, 2.24) is 4.31 Å². The van der Waals surface area contributed by atoms with Gasteiger partial charge in [-0.05, 0) is 62.2 Å². The average molecular weight is 406 g/mol. The molecule has 28 heavy (non-hydrogen) atoms.